The number of rotatable bonds is 4. The second kappa shape index (κ2) is 6.69. The number of anilines is 1. The molecule has 1 aromatic heterocycles. The van der Waals surface area contributed by atoms with Crippen molar-refractivity contribution in [2.75, 3.05) is 24.6 Å². The topological polar surface area (TPSA) is 59.8 Å². The number of carbonyl (C=O) groups is 1. The number of carbonyl (C=O) groups excluding carboxylic acids is 1. The minimum atomic E-state index is -0.655. The molecule has 120 valence electrons. The standard InChI is InChI=1S/C18H19NO4/c1-2-22-18(21)15-12-23-17(11-16(15)20)13-5-7-14(8-6-13)19-9-3-4-10-19/h5-8,11-12H,2-4,9-10H2,1H3. The zero-order chi connectivity index (χ0) is 16.2. The normalized spacial score (nSPS) is 14.0. The molecule has 1 saturated heterocycles. The van der Waals surface area contributed by atoms with Crippen LogP contribution in [0.2, 0.25) is 0 Å². The van der Waals surface area contributed by atoms with Crippen LogP contribution < -0.4 is 10.3 Å². The molecular weight excluding hydrogens is 294 g/mol. The van der Waals surface area contributed by atoms with Gasteiger partial charge in [-0.2, -0.15) is 0 Å². The Kier molecular flexibility index (Phi) is 4.46. The molecule has 0 radical (unpaired) electrons. The summed E-state index contributed by atoms with van der Waals surface area (Å²) in [6.07, 6.45) is 3.63. The van der Waals surface area contributed by atoms with E-state index in [1.54, 1.807) is 6.92 Å². The van der Waals surface area contributed by atoms with E-state index in [0.29, 0.717) is 5.76 Å². The monoisotopic (exact) mass is 313 g/mol. The zero-order valence-electron chi connectivity index (χ0n) is 13.1. The lowest BCUT2D eigenvalue weighted by Crippen LogP contribution is -2.17. The van der Waals surface area contributed by atoms with Gasteiger partial charge in [-0.3, -0.25) is 4.79 Å². The van der Waals surface area contributed by atoms with Crippen LogP contribution >= 0.6 is 0 Å². The molecule has 23 heavy (non-hydrogen) atoms. The van der Waals surface area contributed by atoms with Crippen LogP contribution in [0, 0.1) is 0 Å². The summed E-state index contributed by atoms with van der Waals surface area (Å²) in [6, 6.07) is 9.24. The highest BCUT2D eigenvalue weighted by Gasteiger charge is 2.15. The summed E-state index contributed by atoms with van der Waals surface area (Å²) in [5, 5.41) is 0. The van der Waals surface area contributed by atoms with Crippen LogP contribution in [0.3, 0.4) is 0 Å². The van der Waals surface area contributed by atoms with Gasteiger partial charge in [-0.05, 0) is 44.0 Å². The van der Waals surface area contributed by atoms with Gasteiger partial charge >= 0.3 is 5.97 Å². The molecular formula is C18H19NO4. The van der Waals surface area contributed by atoms with E-state index in [1.165, 1.54) is 30.9 Å². The molecule has 3 rings (SSSR count). The molecule has 0 atom stereocenters. The molecule has 2 heterocycles. The number of ether oxygens (including phenoxy) is 1. The highest BCUT2D eigenvalue weighted by molar-refractivity contribution is 5.89. The molecule has 1 aromatic carbocycles. The number of nitrogens with zero attached hydrogens (tertiary/aromatic N) is 1. The van der Waals surface area contributed by atoms with Gasteiger partial charge in [0.25, 0.3) is 0 Å². The second-order valence-electron chi connectivity index (χ2n) is 5.48. The molecule has 0 saturated carbocycles. The summed E-state index contributed by atoms with van der Waals surface area (Å²) in [5.74, 6) is -0.215. The number of esters is 1. The second-order valence-corrected chi connectivity index (χ2v) is 5.48. The van der Waals surface area contributed by atoms with E-state index in [2.05, 4.69) is 4.90 Å². The Labute approximate surface area is 134 Å². The van der Waals surface area contributed by atoms with Crippen LogP contribution in [0.25, 0.3) is 11.3 Å². The molecule has 1 fully saturated rings. The first kappa shape index (κ1) is 15.3. The van der Waals surface area contributed by atoms with E-state index in [-0.39, 0.29) is 12.2 Å². The van der Waals surface area contributed by atoms with Gasteiger partial charge in [0.2, 0.25) is 0 Å². The van der Waals surface area contributed by atoms with E-state index in [9.17, 15) is 9.59 Å². The molecule has 0 N–H and O–H groups in total. The zero-order valence-corrected chi connectivity index (χ0v) is 13.1. The Morgan fingerprint density at radius 2 is 1.91 bits per heavy atom. The fourth-order valence-electron chi connectivity index (χ4n) is 2.73. The maximum Gasteiger partial charge on any atom is 0.345 e. The van der Waals surface area contributed by atoms with Gasteiger partial charge in [-0.1, -0.05) is 0 Å². The summed E-state index contributed by atoms with van der Waals surface area (Å²) in [6.45, 7) is 4.08. The van der Waals surface area contributed by atoms with Crippen LogP contribution in [-0.4, -0.2) is 25.7 Å². The van der Waals surface area contributed by atoms with Crippen molar-refractivity contribution in [1.82, 2.24) is 0 Å². The summed E-state index contributed by atoms with van der Waals surface area (Å²) in [5.41, 5.74) is 1.51. The molecule has 0 bridgehead atoms. The summed E-state index contributed by atoms with van der Waals surface area (Å²) < 4.78 is 10.3. The Balaban J connectivity index is 1.83. The van der Waals surface area contributed by atoms with Gasteiger partial charge in [0.05, 0.1) is 6.61 Å². The average Bonchev–Trinajstić information content (AvgIpc) is 3.09. The van der Waals surface area contributed by atoms with Gasteiger partial charge in [-0.15, -0.1) is 0 Å². The minimum Gasteiger partial charge on any atom is -0.463 e. The van der Waals surface area contributed by atoms with E-state index in [1.807, 2.05) is 24.3 Å². The van der Waals surface area contributed by atoms with Crippen molar-refractivity contribution in [2.24, 2.45) is 0 Å². The lowest BCUT2D eigenvalue weighted by Gasteiger charge is -2.17. The molecule has 0 unspecified atom stereocenters. The van der Waals surface area contributed by atoms with Gasteiger partial charge in [0.1, 0.15) is 17.6 Å². The fourth-order valence-corrected chi connectivity index (χ4v) is 2.73. The third-order valence-corrected chi connectivity index (χ3v) is 3.95. The molecule has 0 spiro atoms. The van der Waals surface area contributed by atoms with Crippen LogP contribution in [0.5, 0.6) is 0 Å². The number of hydrogen-bond donors (Lipinski definition) is 0. The van der Waals surface area contributed by atoms with Crippen LogP contribution in [0.15, 0.2) is 45.8 Å². The van der Waals surface area contributed by atoms with Crippen molar-refractivity contribution < 1.29 is 13.9 Å². The van der Waals surface area contributed by atoms with Crippen molar-refractivity contribution in [1.29, 1.82) is 0 Å². The quantitative estimate of drug-likeness (QED) is 0.812. The summed E-state index contributed by atoms with van der Waals surface area (Å²) in [7, 11) is 0. The Morgan fingerprint density at radius 3 is 2.52 bits per heavy atom. The lowest BCUT2D eigenvalue weighted by atomic mass is 10.1. The average molecular weight is 313 g/mol. The number of benzene rings is 1. The first-order valence-electron chi connectivity index (χ1n) is 7.84. The van der Waals surface area contributed by atoms with Gasteiger partial charge < -0.3 is 14.1 Å². The first-order valence-corrected chi connectivity index (χ1v) is 7.84. The summed E-state index contributed by atoms with van der Waals surface area (Å²) in [4.78, 5) is 26.0. The minimum absolute atomic E-state index is 0.0794. The molecule has 2 aromatic rings. The van der Waals surface area contributed by atoms with Crippen molar-refractivity contribution in [3.8, 4) is 11.3 Å². The maximum absolute atomic E-state index is 12.0. The highest BCUT2D eigenvalue weighted by Crippen LogP contribution is 2.25. The third-order valence-electron chi connectivity index (χ3n) is 3.95. The maximum atomic E-state index is 12.0. The highest BCUT2D eigenvalue weighted by atomic mass is 16.5. The van der Waals surface area contributed by atoms with Gasteiger partial charge in [0.15, 0.2) is 5.43 Å². The van der Waals surface area contributed by atoms with E-state index < -0.39 is 11.4 Å². The number of hydrogen-bond acceptors (Lipinski definition) is 5. The molecule has 0 aliphatic carbocycles. The fraction of sp³-hybridized carbons (Fsp3) is 0.333. The SMILES string of the molecule is CCOC(=O)c1coc(-c2ccc(N3CCCC3)cc2)cc1=O. The predicted octanol–water partition coefficient (Wildman–Crippen LogP) is 3.08. The van der Waals surface area contributed by atoms with Crippen molar-refractivity contribution in [3.05, 3.63) is 52.4 Å². The largest absolute Gasteiger partial charge is 0.463 e. The smallest absolute Gasteiger partial charge is 0.345 e. The Morgan fingerprint density at radius 1 is 1.22 bits per heavy atom. The van der Waals surface area contributed by atoms with E-state index >= 15 is 0 Å². The Hall–Kier alpha value is -2.56. The molecule has 5 nitrogen and oxygen atoms in total. The molecule has 5 heteroatoms. The van der Waals surface area contributed by atoms with Gasteiger partial charge in [0, 0.05) is 30.4 Å². The predicted molar refractivity (Wildman–Crippen MR) is 87.8 cm³/mol. The van der Waals surface area contributed by atoms with Crippen LogP contribution in [-0.2, 0) is 4.74 Å². The first-order chi connectivity index (χ1) is 11.2. The lowest BCUT2D eigenvalue weighted by molar-refractivity contribution is 0.0522. The Bertz CT molecular complexity index is 742. The third kappa shape index (κ3) is 3.28. The molecule has 1 aliphatic heterocycles. The van der Waals surface area contributed by atoms with Crippen molar-refractivity contribution in [2.45, 2.75) is 19.8 Å². The van der Waals surface area contributed by atoms with E-state index in [0.717, 1.165) is 18.7 Å². The van der Waals surface area contributed by atoms with Crippen molar-refractivity contribution >= 4 is 11.7 Å². The molecule has 1 aliphatic rings. The van der Waals surface area contributed by atoms with Gasteiger partial charge in [-0.25, -0.2) is 4.79 Å². The van der Waals surface area contributed by atoms with Crippen LogP contribution in [0.4, 0.5) is 5.69 Å². The molecule has 0 amide bonds. The van der Waals surface area contributed by atoms with Crippen molar-refractivity contribution in [3.63, 3.8) is 0 Å². The van der Waals surface area contributed by atoms with Crippen LogP contribution in [0.1, 0.15) is 30.1 Å². The van der Waals surface area contributed by atoms with E-state index in [4.69, 9.17) is 9.15 Å². The summed E-state index contributed by atoms with van der Waals surface area (Å²) >= 11 is 0.